The Bertz CT molecular complexity index is 328. The van der Waals surface area contributed by atoms with Crippen LogP contribution in [0, 0.1) is 5.92 Å². The number of rotatable bonds is 7. The van der Waals surface area contributed by atoms with Crippen molar-refractivity contribution in [3.63, 3.8) is 0 Å². The molecule has 0 aromatic carbocycles. The first-order valence-electron chi connectivity index (χ1n) is 7.72. The summed E-state index contributed by atoms with van der Waals surface area (Å²) in [6.45, 7) is 9.49. The summed E-state index contributed by atoms with van der Waals surface area (Å²) in [5, 5.41) is 3.67. The number of aromatic amines is 1. The van der Waals surface area contributed by atoms with E-state index < -0.39 is 0 Å². The smallest absolute Gasteiger partial charge is 0.0921 e. The molecule has 0 aliphatic carbocycles. The van der Waals surface area contributed by atoms with Crippen LogP contribution in [0.4, 0.5) is 0 Å². The molecular formula is C15H28N4. The van der Waals surface area contributed by atoms with Crippen LogP contribution in [0.5, 0.6) is 0 Å². The average molecular weight is 264 g/mol. The molecule has 1 unspecified atom stereocenters. The van der Waals surface area contributed by atoms with Gasteiger partial charge in [-0.05, 0) is 51.7 Å². The van der Waals surface area contributed by atoms with Crippen LogP contribution >= 0.6 is 0 Å². The fraction of sp³-hybridized carbons (Fsp3) is 0.800. The number of nitrogens with zero attached hydrogens (tertiary/aromatic N) is 2. The topological polar surface area (TPSA) is 44.0 Å². The van der Waals surface area contributed by atoms with Crippen molar-refractivity contribution in [2.75, 3.05) is 26.2 Å². The Morgan fingerprint density at radius 2 is 2.26 bits per heavy atom. The molecule has 1 aromatic rings. The molecule has 108 valence electrons. The second-order valence-electron chi connectivity index (χ2n) is 5.75. The van der Waals surface area contributed by atoms with Gasteiger partial charge in [0.2, 0.25) is 0 Å². The first kappa shape index (κ1) is 14.5. The molecule has 0 saturated carbocycles. The molecule has 4 heteroatoms. The van der Waals surface area contributed by atoms with Crippen LogP contribution in [0.1, 0.15) is 38.8 Å². The van der Waals surface area contributed by atoms with Crippen LogP contribution in [-0.2, 0) is 6.42 Å². The van der Waals surface area contributed by atoms with Gasteiger partial charge in [-0.2, -0.15) is 0 Å². The lowest BCUT2D eigenvalue weighted by atomic mass is 9.90. The Morgan fingerprint density at radius 1 is 1.47 bits per heavy atom. The maximum atomic E-state index is 4.05. The molecule has 1 fully saturated rings. The maximum Gasteiger partial charge on any atom is 0.0921 e. The second-order valence-corrected chi connectivity index (χ2v) is 5.75. The summed E-state index contributed by atoms with van der Waals surface area (Å²) in [5.74, 6) is 0.842. The zero-order chi connectivity index (χ0) is 13.5. The van der Waals surface area contributed by atoms with Crippen LogP contribution in [0.2, 0.25) is 0 Å². The standard InChI is InChI=1S/C15H28N4/c1-3-8-19-9-5-14(6-10-19)13(2)17-7-4-15-11-16-12-18-15/h11-14,17H,3-10H2,1-2H3,(H,16,18). The van der Waals surface area contributed by atoms with Gasteiger partial charge in [0.1, 0.15) is 0 Å². The van der Waals surface area contributed by atoms with Crippen molar-refractivity contribution in [1.29, 1.82) is 0 Å². The molecule has 0 amide bonds. The fourth-order valence-corrected chi connectivity index (χ4v) is 3.02. The molecule has 2 rings (SSSR count). The van der Waals surface area contributed by atoms with E-state index in [-0.39, 0.29) is 0 Å². The summed E-state index contributed by atoms with van der Waals surface area (Å²) in [5.41, 5.74) is 1.22. The van der Waals surface area contributed by atoms with E-state index in [9.17, 15) is 0 Å². The van der Waals surface area contributed by atoms with E-state index in [1.165, 1.54) is 44.6 Å². The lowest BCUT2D eigenvalue weighted by Gasteiger charge is -2.35. The van der Waals surface area contributed by atoms with Gasteiger partial charge in [0.05, 0.1) is 6.33 Å². The molecule has 1 atom stereocenters. The molecule has 19 heavy (non-hydrogen) atoms. The largest absolute Gasteiger partial charge is 0.348 e. The number of nitrogens with one attached hydrogen (secondary N) is 2. The first-order chi connectivity index (χ1) is 9.29. The Morgan fingerprint density at radius 3 is 2.89 bits per heavy atom. The Kier molecular flexibility index (Phi) is 5.86. The third-order valence-electron chi connectivity index (χ3n) is 4.29. The van der Waals surface area contributed by atoms with Gasteiger partial charge < -0.3 is 15.2 Å². The van der Waals surface area contributed by atoms with E-state index in [1.54, 1.807) is 6.33 Å². The number of piperidine rings is 1. The summed E-state index contributed by atoms with van der Waals surface area (Å²) in [7, 11) is 0. The molecule has 2 heterocycles. The van der Waals surface area contributed by atoms with E-state index >= 15 is 0 Å². The molecule has 0 spiro atoms. The predicted molar refractivity (Wildman–Crippen MR) is 79.2 cm³/mol. The van der Waals surface area contributed by atoms with Gasteiger partial charge in [-0.25, -0.2) is 4.98 Å². The van der Waals surface area contributed by atoms with Crippen molar-refractivity contribution in [3.8, 4) is 0 Å². The van der Waals surface area contributed by atoms with Crippen molar-refractivity contribution in [2.45, 2.75) is 45.6 Å². The number of hydrogen-bond acceptors (Lipinski definition) is 3. The third kappa shape index (κ3) is 4.62. The SMILES string of the molecule is CCCN1CCC(C(C)NCCc2cnc[nH]2)CC1. The number of likely N-dealkylation sites (tertiary alicyclic amines) is 1. The highest BCUT2D eigenvalue weighted by molar-refractivity contribution is 4.94. The molecule has 1 aromatic heterocycles. The van der Waals surface area contributed by atoms with Crippen molar-refractivity contribution in [1.82, 2.24) is 20.2 Å². The normalized spacial score (nSPS) is 19.7. The number of imidazole rings is 1. The Balaban J connectivity index is 1.62. The van der Waals surface area contributed by atoms with Crippen molar-refractivity contribution in [3.05, 3.63) is 18.2 Å². The zero-order valence-corrected chi connectivity index (χ0v) is 12.4. The predicted octanol–water partition coefficient (Wildman–Crippen LogP) is 2.05. The summed E-state index contributed by atoms with van der Waals surface area (Å²) < 4.78 is 0. The monoisotopic (exact) mass is 264 g/mol. The van der Waals surface area contributed by atoms with Crippen LogP contribution < -0.4 is 5.32 Å². The van der Waals surface area contributed by atoms with Crippen molar-refractivity contribution in [2.24, 2.45) is 5.92 Å². The molecule has 2 N–H and O–H groups in total. The van der Waals surface area contributed by atoms with Crippen molar-refractivity contribution < 1.29 is 0 Å². The average Bonchev–Trinajstić information content (AvgIpc) is 2.93. The van der Waals surface area contributed by atoms with E-state index in [1.807, 2.05) is 6.20 Å². The quantitative estimate of drug-likeness (QED) is 0.792. The first-order valence-corrected chi connectivity index (χ1v) is 7.72. The number of H-pyrrole nitrogens is 1. The van der Waals surface area contributed by atoms with Gasteiger partial charge in [0.25, 0.3) is 0 Å². The summed E-state index contributed by atoms with van der Waals surface area (Å²) in [6, 6.07) is 0.631. The minimum Gasteiger partial charge on any atom is -0.348 e. The number of aromatic nitrogens is 2. The fourth-order valence-electron chi connectivity index (χ4n) is 3.02. The molecule has 1 aliphatic heterocycles. The van der Waals surface area contributed by atoms with E-state index in [4.69, 9.17) is 0 Å². The van der Waals surface area contributed by atoms with E-state index in [0.717, 1.165) is 18.9 Å². The number of hydrogen-bond donors (Lipinski definition) is 2. The van der Waals surface area contributed by atoms with Gasteiger partial charge in [-0.15, -0.1) is 0 Å². The van der Waals surface area contributed by atoms with Crippen molar-refractivity contribution >= 4 is 0 Å². The van der Waals surface area contributed by atoms with Gasteiger partial charge in [0.15, 0.2) is 0 Å². The van der Waals surface area contributed by atoms with Gasteiger partial charge in [-0.1, -0.05) is 6.92 Å². The van der Waals surface area contributed by atoms with E-state index in [0.29, 0.717) is 6.04 Å². The Hall–Kier alpha value is -0.870. The van der Waals surface area contributed by atoms with Crippen LogP contribution in [0.25, 0.3) is 0 Å². The highest BCUT2D eigenvalue weighted by Gasteiger charge is 2.22. The summed E-state index contributed by atoms with van der Waals surface area (Å²) in [6.07, 6.45) is 8.68. The van der Waals surface area contributed by atoms with Gasteiger partial charge in [0, 0.05) is 30.9 Å². The van der Waals surface area contributed by atoms with Gasteiger partial charge in [-0.3, -0.25) is 0 Å². The molecule has 0 bridgehead atoms. The third-order valence-corrected chi connectivity index (χ3v) is 4.29. The maximum absolute atomic E-state index is 4.05. The molecule has 1 saturated heterocycles. The lowest BCUT2D eigenvalue weighted by molar-refractivity contribution is 0.163. The minimum atomic E-state index is 0.631. The molecule has 1 aliphatic rings. The minimum absolute atomic E-state index is 0.631. The lowest BCUT2D eigenvalue weighted by Crippen LogP contribution is -2.42. The molecular weight excluding hydrogens is 236 g/mol. The highest BCUT2D eigenvalue weighted by atomic mass is 15.1. The Labute approximate surface area is 117 Å². The van der Waals surface area contributed by atoms with Crippen LogP contribution in [0.3, 0.4) is 0 Å². The van der Waals surface area contributed by atoms with Crippen LogP contribution in [-0.4, -0.2) is 47.1 Å². The highest BCUT2D eigenvalue weighted by Crippen LogP contribution is 2.20. The van der Waals surface area contributed by atoms with Gasteiger partial charge >= 0.3 is 0 Å². The summed E-state index contributed by atoms with van der Waals surface area (Å²) >= 11 is 0. The summed E-state index contributed by atoms with van der Waals surface area (Å²) in [4.78, 5) is 9.80. The van der Waals surface area contributed by atoms with E-state index in [2.05, 4.69) is 34.0 Å². The second kappa shape index (κ2) is 7.65. The zero-order valence-electron chi connectivity index (χ0n) is 12.4. The van der Waals surface area contributed by atoms with Crippen LogP contribution in [0.15, 0.2) is 12.5 Å². The molecule has 0 radical (unpaired) electrons. The molecule has 4 nitrogen and oxygen atoms in total.